The number of anilines is 3. The van der Waals surface area contributed by atoms with Crippen LogP contribution in [0.15, 0.2) is 222 Å². The molecular weight excluding hydrogens is 983 g/mol. The van der Waals surface area contributed by atoms with Crippen LogP contribution in [0.2, 0.25) is 0 Å². The lowest BCUT2D eigenvalue weighted by molar-refractivity contribution is 0.585. The second-order valence-corrected chi connectivity index (χ2v) is 28.4. The summed E-state index contributed by atoms with van der Waals surface area (Å²) in [4.78, 5) is 5.20. The summed E-state index contributed by atoms with van der Waals surface area (Å²) < 4.78 is 0. The lowest BCUT2D eigenvalue weighted by Gasteiger charge is -2.41. The van der Waals surface area contributed by atoms with E-state index in [0.29, 0.717) is 0 Å². The van der Waals surface area contributed by atoms with Gasteiger partial charge in [-0.05, 0) is 170 Å². The molecule has 80 heavy (non-hydrogen) atoms. The van der Waals surface area contributed by atoms with Gasteiger partial charge in [0.2, 0.25) is 0 Å². The fourth-order valence-electron chi connectivity index (χ4n) is 14.2. The molecule has 0 unspecified atom stereocenters. The minimum absolute atomic E-state index is 0.0477. The van der Waals surface area contributed by atoms with Crippen molar-refractivity contribution in [2.75, 3.05) is 4.90 Å². The van der Waals surface area contributed by atoms with Gasteiger partial charge in [-0.3, -0.25) is 0 Å². The maximum Gasteiger partial charge on any atom is 0.0736 e. The van der Waals surface area contributed by atoms with E-state index in [-0.39, 0.29) is 21.7 Å². The van der Waals surface area contributed by atoms with E-state index in [2.05, 4.69) is 300 Å². The van der Waals surface area contributed by atoms with E-state index in [9.17, 15) is 0 Å². The van der Waals surface area contributed by atoms with E-state index in [1.165, 1.54) is 121 Å². The number of fused-ring (bicyclic) bond motifs is 19. The molecule has 0 amide bonds. The Balaban J connectivity index is 1.08. The summed E-state index contributed by atoms with van der Waals surface area (Å²) in [7, 11) is 0. The lowest BCUT2D eigenvalue weighted by Crippen LogP contribution is -2.33. The van der Waals surface area contributed by atoms with Gasteiger partial charge in [-0.25, -0.2) is 0 Å². The van der Waals surface area contributed by atoms with Gasteiger partial charge >= 0.3 is 0 Å². The molecule has 0 saturated heterocycles. The Kier molecular flexibility index (Phi) is 11.0. The third-order valence-corrected chi connectivity index (χ3v) is 19.5. The fourth-order valence-corrected chi connectivity index (χ4v) is 15.4. The molecule has 1 aliphatic heterocycles. The van der Waals surface area contributed by atoms with Crippen molar-refractivity contribution in [2.45, 2.75) is 125 Å². The van der Waals surface area contributed by atoms with Crippen LogP contribution in [0.5, 0.6) is 0 Å². The van der Waals surface area contributed by atoms with Gasteiger partial charge in [0, 0.05) is 26.7 Å². The molecule has 394 valence electrons. The number of para-hydroxylation sites is 1. The van der Waals surface area contributed by atoms with Crippen molar-refractivity contribution in [1.82, 2.24) is 0 Å². The summed E-state index contributed by atoms with van der Waals surface area (Å²) in [5.74, 6) is 0. The van der Waals surface area contributed by atoms with Crippen LogP contribution in [-0.2, 0) is 32.5 Å². The second kappa shape index (κ2) is 17.4. The Morgan fingerprint density at radius 2 is 0.625 bits per heavy atom. The molecule has 1 heterocycles. The molecular formula is C78H71NS. The van der Waals surface area contributed by atoms with Crippen molar-refractivity contribution in [3.8, 4) is 44.5 Å². The molecule has 0 atom stereocenters. The predicted octanol–water partition coefficient (Wildman–Crippen LogP) is 21.2. The summed E-state index contributed by atoms with van der Waals surface area (Å²) in [6.45, 7) is 28.3. The Morgan fingerprint density at radius 3 is 1.12 bits per heavy atom. The standard InChI is InChI=1S/C78H71NS/c1-73(2,3)49-30-36-57-58-37-31-50(74(4,5)6)43-65(58)77(64(57)42-49)62-26-18-16-25-56(62)61-40-34-53(46-68(61)77)79(70-28-20-17-24-55(70)48-22-14-13-15-23-48)54-35-41-72-69(47-54)78(63-27-19-21-29-71(63)80-72)66-44-51(75(7,8)9)32-38-59(66)60-39-33-52(45-67(60)78)76(10,11)12/h13-47H,1-12H3. The molecule has 2 heteroatoms. The van der Waals surface area contributed by atoms with Crippen molar-refractivity contribution in [1.29, 1.82) is 0 Å². The Hall–Kier alpha value is -7.65. The number of hydrogen-bond acceptors (Lipinski definition) is 2. The highest BCUT2D eigenvalue weighted by Crippen LogP contribution is 2.66. The van der Waals surface area contributed by atoms with E-state index in [0.717, 1.165) is 17.1 Å². The minimum Gasteiger partial charge on any atom is -0.310 e. The van der Waals surface area contributed by atoms with Crippen molar-refractivity contribution in [3.63, 3.8) is 0 Å². The SMILES string of the molecule is CC(C)(C)c1ccc2c(c1)C1(c3ccccc3Sc3ccc(N(c4ccc5c(c4)C4(c6ccccc6-5)c5cc(C(C)(C)C)ccc5-c5ccc(C(C)(C)C)cc54)c4ccccc4-c4ccccc4)cc31)c1cc(C(C)(C)C)ccc1-2. The number of nitrogens with zero attached hydrogens (tertiary/aromatic N) is 1. The smallest absolute Gasteiger partial charge is 0.0736 e. The van der Waals surface area contributed by atoms with Gasteiger partial charge < -0.3 is 4.90 Å². The zero-order chi connectivity index (χ0) is 55.5. The molecule has 0 N–H and O–H groups in total. The molecule has 0 saturated carbocycles. The molecule has 2 spiro atoms. The lowest BCUT2D eigenvalue weighted by atomic mass is 9.66. The average Bonchev–Trinajstić information content (AvgIpc) is 4.06. The minimum atomic E-state index is -0.596. The van der Waals surface area contributed by atoms with Crippen LogP contribution in [0.25, 0.3) is 44.5 Å². The van der Waals surface area contributed by atoms with Crippen LogP contribution < -0.4 is 4.90 Å². The zero-order valence-corrected chi connectivity index (χ0v) is 49.4. The fraction of sp³-hybridized carbons (Fsp3) is 0.231. The highest BCUT2D eigenvalue weighted by molar-refractivity contribution is 7.99. The van der Waals surface area contributed by atoms with Gasteiger partial charge in [0.05, 0.1) is 16.5 Å². The highest BCUT2D eigenvalue weighted by Gasteiger charge is 2.54. The van der Waals surface area contributed by atoms with Crippen LogP contribution in [0.3, 0.4) is 0 Å². The maximum absolute atomic E-state index is 2.60. The Labute approximate surface area is 479 Å². The zero-order valence-electron chi connectivity index (χ0n) is 48.6. The molecule has 10 aromatic rings. The van der Waals surface area contributed by atoms with Crippen LogP contribution >= 0.6 is 11.8 Å². The summed E-state index contributed by atoms with van der Waals surface area (Å²) in [6, 6.07) is 83.1. The van der Waals surface area contributed by atoms with Gasteiger partial charge in [0.15, 0.2) is 0 Å². The summed E-state index contributed by atoms with van der Waals surface area (Å²) in [5, 5.41) is 0. The van der Waals surface area contributed by atoms with Crippen LogP contribution in [-0.4, -0.2) is 0 Å². The van der Waals surface area contributed by atoms with Crippen molar-refractivity contribution < 1.29 is 0 Å². The predicted molar refractivity (Wildman–Crippen MR) is 339 cm³/mol. The topological polar surface area (TPSA) is 3.24 Å². The molecule has 4 aliphatic rings. The third kappa shape index (κ3) is 7.30. The number of hydrogen-bond donors (Lipinski definition) is 0. The van der Waals surface area contributed by atoms with Crippen LogP contribution in [0, 0.1) is 0 Å². The maximum atomic E-state index is 2.60. The first-order chi connectivity index (χ1) is 38.2. The summed E-state index contributed by atoms with van der Waals surface area (Å²) in [5.41, 5.74) is 28.5. The summed E-state index contributed by atoms with van der Waals surface area (Å²) >= 11 is 1.92. The van der Waals surface area contributed by atoms with Gasteiger partial charge in [-0.2, -0.15) is 0 Å². The quantitative estimate of drug-likeness (QED) is 0.173. The van der Waals surface area contributed by atoms with Gasteiger partial charge in [-0.1, -0.05) is 265 Å². The van der Waals surface area contributed by atoms with E-state index in [1.54, 1.807) is 0 Å². The molecule has 0 aromatic heterocycles. The van der Waals surface area contributed by atoms with E-state index >= 15 is 0 Å². The summed E-state index contributed by atoms with van der Waals surface area (Å²) in [6.07, 6.45) is 0. The highest BCUT2D eigenvalue weighted by atomic mass is 32.2. The first-order valence-electron chi connectivity index (χ1n) is 28.9. The molecule has 0 bridgehead atoms. The molecule has 1 nitrogen and oxygen atoms in total. The van der Waals surface area contributed by atoms with E-state index in [1.807, 2.05) is 11.8 Å². The van der Waals surface area contributed by atoms with Gasteiger partial charge in [0.1, 0.15) is 0 Å². The van der Waals surface area contributed by atoms with Crippen molar-refractivity contribution >= 4 is 28.8 Å². The van der Waals surface area contributed by atoms with Gasteiger partial charge in [-0.15, -0.1) is 0 Å². The first kappa shape index (κ1) is 50.6. The monoisotopic (exact) mass is 1050 g/mol. The van der Waals surface area contributed by atoms with E-state index < -0.39 is 10.8 Å². The average molecular weight is 1050 g/mol. The number of rotatable bonds is 4. The molecule has 3 aliphatic carbocycles. The molecule has 0 radical (unpaired) electrons. The molecule has 14 rings (SSSR count). The van der Waals surface area contributed by atoms with E-state index in [4.69, 9.17) is 0 Å². The van der Waals surface area contributed by atoms with Crippen LogP contribution in [0.1, 0.15) is 150 Å². The van der Waals surface area contributed by atoms with Crippen molar-refractivity contribution in [2.24, 2.45) is 0 Å². The largest absolute Gasteiger partial charge is 0.310 e. The normalized spacial score (nSPS) is 14.9. The van der Waals surface area contributed by atoms with Gasteiger partial charge in [0.25, 0.3) is 0 Å². The Morgan fingerprint density at radius 1 is 0.275 bits per heavy atom. The molecule has 0 fully saturated rings. The third-order valence-electron chi connectivity index (χ3n) is 18.4. The first-order valence-corrected chi connectivity index (χ1v) is 29.7. The number of benzene rings is 10. The second-order valence-electron chi connectivity index (χ2n) is 27.3. The molecule has 10 aromatic carbocycles. The Bertz CT molecular complexity index is 4070. The van der Waals surface area contributed by atoms with Crippen molar-refractivity contribution in [3.05, 3.63) is 279 Å². The van der Waals surface area contributed by atoms with Crippen LogP contribution in [0.4, 0.5) is 17.1 Å².